The van der Waals surface area contributed by atoms with Crippen molar-refractivity contribution in [2.75, 3.05) is 7.11 Å². The van der Waals surface area contributed by atoms with Gasteiger partial charge in [-0.15, -0.1) is 0 Å². The molecule has 0 N–H and O–H groups in total. The van der Waals surface area contributed by atoms with E-state index in [1.807, 2.05) is 11.0 Å². The lowest BCUT2D eigenvalue weighted by Gasteiger charge is -2.37. The smallest absolute Gasteiger partial charge is 0.302 e. The highest BCUT2D eigenvalue weighted by atomic mass is 16.5. The number of ether oxygens (including phenoxy) is 2. The van der Waals surface area contributed by atoms with Crippen LogP contribution in [-0.2, 0) is 16.1 Å². The number of nitrogens with zero attached hydrogens (tertiary/aromatic N) is 1. The fraction of sp³-hybridized carbons (Fsp3) is 0.600. The van der Waals surface area contributed by atoms with Gasteiger partial charge in [-0.2, -0.15) is 0 Å². The fourth-order valence-electron chi connectivity index (χ4n) is 3.51. The lowest BCUT2D eigenvalue weighted by molar-refractivity contribution is -0.142. The molecule has 138 valence electrons. The molecule has 0 aromatic heterocycles. The molecule has 0 unspecified atom stereocenters. The Labute approximate surface area is 150 Å². The van der Waals surface area contributed by atoms with Crippen LogP contribution >= 0.6 is 0 Å². The van der Waals surface area contributed by atoms with Gasteiger partial charge in [-0.25, -0.2) is 0 Å². The van der Waals surface area contributed by atoms with E-state index in [0.29, 0.717) is 17.4 Å². The molecular formula is C20H29NO4. The molecule has 1 fully saturated rings. The first kappa shape index (κ1) is 19.3. The third-order valence-electron chi connectivity index (χ3n) is 4.70. The minimum Gasteiger partial charge on any atom is -0.496 e. The molecule has 1 aliphatic carbocycles. The van der Waals surface area contributed by atoms with E-state index in [9.17, 15) is 9.59 Å². The summed E-state index contributed by atoms with van der Waals surface area (Å²) in [5.41, 5.74) is 1.37. The van der Waals surface area contributed by atoms with Gasteiger partial charge in [0.25, 0.3) is 5.91 Å². The first-order valence-electron chi connectivity index (χ1n) is 9.07. The van der Waals surface area contributed by atoms with Crippen molar-refractivity contribution in [3.8, 4) is 5.75 Å². The summed E-state index contributed by atoms with van der Waals surface area (Å²) < 4.78 is 10.5. The van der Waals surface area contributed by atoms with Crippen LogP contribution < -0.4 is 4.74 Å². The fourth-order valence-corrected chi connectivity index (χ4v) is 3.51. The van der Waals surface area contributed by atoms with E-state index in [1.165, 1.54) is 26.2 Å². The van der Waals surface area contributed by atoms with Crippen LogP contribution in [0.3, 0.4) is 0 Å². The minimum atomic E-state index is -0.331. The monoisotopic (exact) mass is 347 g/mol. The number of amides is 1. The Morgan fingerprint density at radius 2 is 1.88 bits per heavy atom. The van der Waals surface area contributed by atoms with Gasteiger partial charge in [0, 0.05) is 19.0 Å². The second-order valence-corrected chi connectivity index (χ2v) is 6.91. The highest BCUT2D eigenvalue weighted by Gasteiger charge is 2.29. The summed E-state index contributed by atoms with van der Waals surface area (Å²) in [4.78, 5) is 26.2. The molecule has 1 amide bonds. The predicted molar refractivity (Wildman–Crippen MR) is 96.6 cm³/mol. The van der Waals surface area contributed by atoms with Gasteiger partial charge in [-0.3, -0.25) is 9.59 Å². The first-order chi connectivity index (χ1) is 11.9. The summed E-state index contributed by atoms with van der Waals surface area (Å²) in [5, 5.41) is 0. The van der Waals surface area contributed by atoms with Crippen LogP contribution in [0.25, 0.3) is 0 Å². The molecule has 0 spiro atoms. The average Bonchev–Trinajstić information content (AvgIpc) is 2.60. The van der Waals surface area contributed by atoms with Gasteiger partial charge in [0.15, 0.2) is 0 Å². The third-order valence-corrected chi connectivity index (χ3v) is 4.70. The van der Waals surface area contributed by atoms with E-state index in [-0.39, 0.29) is 24.5 Å². The van der Waals surface area contributed by atoms with Crippen LogP contribution in [0.4, 0.5) is 0 Å². The van der Waals surface area contributed by atoms with Crippen molar-refractivity contribution in [1.82, 2.24) is 4.90 Å². The molecule has 1 aromatic rings. The Kier molecular flexibility index (Phi) is 6.85. The van der Waals surface area contributed by atoms with E-state index < -0.39 is 0 Å². The Morgan fingerprint density at radius 1 is 1.20 bits per heavy atom. The van der Waals surface area contributed by atoms with Gasteiger partial charge in [0.05, 0.1) is 12.7 Å². The lowest BCUT2D eigenvalue weighted by atomic mass is 9.92. The van der Waals surface area contributed by atoms with Crippen molar-refractivity contribution < 1.29 is 19.1 Å². The largest absolute Gasteiger partial charge is 0.496 e. The number of carbonyl (C=O) groups is 2. The van der Waals surface area contributed by atoms with Gasteiger partial charge in [-0.1, -0.05) is 25.3 Å². The van der Waals surface area contributed by atoms with Gasteiger partial charge < -0.3 is 14.4 Å². The molecule has 0 saturated heterocycles. The molecule has 5 heteroatoms. The predicted octanol–water partition coefficient (Wildman–Crippen LogP) is 3.94. The molecule has 0 heterocycles. The van der Waals surface area contributed by atoms with Crippen molar-refractivity contribution >= 4 is 11.9 Å². The zero-order chi connectivity index (χ0) is 18.4. The van der Waals surface area contributed by atoms with E-state index in [4.69, 9.17) is 9.47 Å². The summed E-state index contributed by atoms with van der Waals surface area (Å²) in [6.07, 6.45) is 5.75. The Balaban J connectivity index is 2.24. The van der Waals surface area contributed by atoms with Crippen LogP contribution in [0.2, 0.25) is 0 Å². The summed E-state index contributed by atoms with van der Waals surface area (Å²) in [6, 6.07) is 5.80. The molecule has 2 rings (SSSR count). The maximum Gasteiger partial charge on any atom is 0.302 e. The van der Waals surface area contributed by atoms with Crippen LogP contribution in [-0.4, -0.2) is 36.0 Å². The van der Waals surface area contributed by atoms with Gasteiger partial charge >= 0.3 is 5.97 Å². The van der Waals surface area contributed by atoms with Crippen molar-refractivity contribution in [2.24, 2.45) is 0 Å². The minimum absolute atomic E-state index is 0.0118. The Morgan fingerprint density at radius 3 is 2.44 bits per heavy atom. The quantitative estimate of drug-likeness (QED) is 0.731. The molecule has 25 heavy (non-hydrogen) atoms. The summed E-state index contributed by atoms with van der Waals surface area (Å²) >= 11 is 0. The van der Waals surface area contributed by atoms with E-state index >= 15 is 0 Å². The molecule has 5 nitrogen and oxygen atoms in total. The van der Waals surface area contributed by atoms with Crippen molar-refractivity contribution in [1.29, 1.82) is 0 Å². The number of methoxy groups -OCH3 is 1. The third kappa shape index (κ3) is 4.97. The number of hydrogen-bond donors (Lipinski definition) is 0. The highest BCUT2D eigenvalue weighted by molar-refractivity contribution is 5.97. The zero-order valence-electron chi connectivity index (χ0n) is 15.7. The van der Waals surface area contributed by atoms with Crippen LogP contribution in [0.1, 0.15) is 68.8 Å². The Bertz CT molecular complexity index is 606. The molecule has 0 bridgehead atoms. The van der Waals surface area contributed by atoms with Crippen LogP contribution in [0, 0.1) is 0 Å². The molecule has 1 aliphatic rings. The SMILES string of the molecule is COc1cc(COC(C)=O)ccc1C(=O)N(C(C)C)C1CCCCC1. The summed E-state index contributed by atoms with van der Waals surface area (Å²) in [5.74, 6) is 0.205. The molecular weight excluding hydrogens is 318 g/mol. The highest BCUT2D eigenvalue weighted by Crippen LogP contribution is 2.29. The average molecular weight is 347 g/mol. The number of carbonyl (C=O) groups excluding carboxylic acids is 2. The maximum atomic E-state index is 13.2. The topological polar surface area (TPSA) is 55.8 Å². The van der Waals surface area contributed by atoms with Crippen LogP contribution in [0.5, 0.6) is 5.75 Å². The molecule has 1 aromatic carbocycles. The zero-order valence-corrected chi connectivity index (χ0v) is 15.7. The molecule has 0 aliphatic heterocycles. The maximum absolute atomic E-state index is 13.2. The van der Waals surface area contributed by atoms with Crippen molar-refractivity contribution in [3.05, 3.63) is 29.3 Å². The molecule has 0 atom stereocenters. The summed E-state index contributed by atoms with van der Waals surface area (Å²) in [7, 11) is 1.56. The van der Waals surface area contributed by atoms with Crippen molar-refractivity contribution in [2.45, 2.75) is 71.6 Å². The second-order valence-electron chi connectivity index (χ2n) is 6.91. The number of benzene rings is 1. The van der Waals surface area contributed by atoms with Crippen LogP contribution in [0.15, 0.2) is 18.2 Å². The second kappa shape index (κ2) is 8.88. The first-order valence-corrected chi connectivity index (χ1v) is 9.07. The molecule has 0 radical (unpaired) electrons. The standard InChI is InChI=1S/C20H29NO4/c1-14(2)21(17-8-6-5-7-9-17)20(23)18-11-10-16(12-19(18)24-4)13-25-15(3)22/h10-12,14,17H,5-9,13H2,1-4H3. The van der Waals surface area contributed by atoms with Gasteiger partial charge in [0.2, 0.25) is 0 Å². The van der Waals surface area contributed by atoms with E-state index in [0.717, 1.165) is 18.4 Å². The normalized spacial score (nSPS) is 15.1. The number of hydrogen-bond acceptors (Lipinski definition) is 4. The number of rotatable bonds is 6. The van der Waals surface area contributed by atoms with E-state index in [2.05, 4.69) is 13.8 Å². The Hall–Kier alpha value is -2.04. The summed E-state index contributed by atoms with van der Waals surface area (Å²) in [6.45, 7) is 5.68. The lowest BCUT2D eigenvalue weighted by Crippen LogP contribution is -2.45. The van der Waals surface area contributed by atoms with Crippen molar-refractivity contribution in [3.63, 3.8) is 0 Å². The van der Waals surface area contributed by atoms with E-state index in [1.54, 1.807) is 19.2 Å². The number of esters is 1. The van der Waals surface area contributed by atoms with Gasteiger partial charge in [0.1, 0.15) is 12.4 Å². The van der Waals surface area contributed by atoms with Gasteiger partial charge in [-0.05, 0) is 44.4 Å². The molecule has 1 saturated carbocycles.